The molecule has 0 atom stereocenters. The van der Waals surface area contributed by atoms with Crippen LogP contribution < -0.4 is 4.74 Å². The van der Waals surface area contributed by atoms with Crippen molar-refractivity contribution in [1.29, 1.82) is 0 Å². The van der Waals surface area contributed by atoms with Gasteiger partial charge < -0.3 is 9.84 Å². The van der Waals surface area contributed by atoms with Gasteiger partial charge >= 0.3 is 5.97 Å². The van der Waals surface area contributed by atoms with E-state index in [1.807, 2.05) is 0 Å². The zero-order valence-corrected chi connectivity index (χ0v) is 17.3. The van der Waals surface area contributed by atoms with Crippen LogP contribution in [-0.2, 0) is 24.5 Å². The predicted molar refractivity (Wildman–Crippen MR) is 107 cm³/mol. The molecule has 0 aliphatic rings. The van der Waals surface area contributed by atoms with Crippen molar-refractivity contribution in [3.8, 4) is 17.1 Å². The lowest BCUT2D eigenvalue weighted by Crippen LogP contribution is -2.04. The number of aliphatic carboxylic acids is 1. The van der Waals surface area contributed by atoms with Crippen molar-refractivity contribution in [3.05, 3.63) is 62.6 Å². The molecule has 0 aliphatic heterocycles. The third-order valence-electron chi connectivity index (χ3n) is 4.39. The second-order valence-electron chi connectivity index (χ2n) is 6.44. The molecule has 3 rings (SSSR count). The van der Waals surface area contributed by atoms with E-state index in [-0.39, 0.29) is 52.0 Å². The molecule has 0 amide bonds. The van der Waals surface area contributed by atoms with E-state index in [0.717, 1.165) is 17.6 Å². The van der Waals surface area contributed by atoms with Gasteiger partial charge in [0.15, 0.2) is 17.4 Å². The fourth-order valence-electron chi connectivity index (χ4n) is 2.84. The number of hydrogen-bond donors (Lipinski definition) is 1. The third kappa shape index (κ3) is 4.91. The molecule has 0 saturated heterocycles. The smallest absolute Gasteiger partial charge is 0.303 e. The Labute approximate surface area is 179 Å². The van der Waals surface area contributed by atoms with Gasteiger partial charge in [0, 0.05) is 18.2 Å². The van der Waals surface area contributed by atoms with Crippen LogP contribution in [0.15, 0.2) is 24.4 Å². The molecular formula is C20H16ClF3N2O3S. The predicted octanol–water partition coefficient (Wildman–Crippen LogP) is 5.51. The van der Waals surface area contributed by atoms with Crippen molar-refractivity contribution in [2.45, 2.75) is 33.0 Å². The molecule has 0 radical (unpaired) electrons. The second kappa shape index (κ2) is 9.44. The Bertz CT molecular complexity index is 1090. The number of carboxylic acids is 1. The largest absolute Gasteiger partial charge is 0.486 e. The van der Waals surface area contributed by atoms with Gasteiger partial charge in [-0.1, -0.05) is 11.6 Å². The summed E-state index contributed by atoms with van der Waals surface area (Å²) >= 11 is 6.57. The summed E-state index contributed by atoms with van der Waals surface area (Å²) in [6, 6.07) is 3.74. The summed E-state index contributed by atoms with van der Waals surface area (Å²) in [6.07, 6.45) is 1.31. The van der Waals surface area contributed by atoms with Crippen LogP contribution in [0.2, 0.25) is 5.02 Å². The highest BCUT2D eigenvalue weighted by atomic mass is 35.5. The number of ether oxygens (including phenoxy) is 1. The fraction of sp³-hybridized carbons (Fsp3) is 0.250. The number of benzene rings is 1. The number of aryl methyl sites for hydroxylation is 2. The molecular weight excluding hydrogens is 441 g/mol. The minimum atomic E-state index is -0.977. The van der Waals surface area contributed by atoms with E-state index < -0.39 is 24.3 Å². The van der Waals surface area contributed by atoms with Gasteiger partial charge in [-0.05, 0) is 54.2 Å². The standard InChI is InChI=1S/C20H16ClF3N2O3S/c1-10-4-16(14(23)5-11(10)2-3-18(27)28)29-9-13-17(7-22)30-26-19(13)20-15(24)6-12(21)8-25-20/h4-6,8H,2-3,7,9H2,1H3,(H,27,28). The van der Waals surface area contributed by atoms with Crippen LogP contribution in [0, 0.1) is 18.6 Å². The molecule has 0 unspecified atom stereocenters. The number of aromatic nitrogens is 2. The SMILES string of the molecule is Cc1cc(OCc2c(-c3ncc(Cl)cc3F)nsc2CF)c(F)cc1CCC(=O)O. The van der Waals surface area contributed by atoms with Gasteiger partial charge in [-0.15, -0.1) is 0 Å². The normalized spacial score (nSPS) is 11.0. The zero-order valence-electron chi connectivity index (χ0n) is 15.7. The van der Waals surface area contributed by atoms with E-state index in [9.17, 15) is 18.0 Å². The molecule has 2 heterocycles. The Morgan fingerprint density at radius 3 is 2.67 bits per heavy atom. The number of carbonyl (C=O) groups is 1. The van der Waals surface area contributed by atoms with Crippen LogP contribution in [-0.4, -0.2) is 20.4 Å². The van der Waals surface area contributed by atoms with Crippen molar-refractivity contribution in [2.75, 3.05) is 0 Å². The minimum absolute atomic E-state index is 0.0851. The molecule has 0 bridgehead atoms. The van der Waals surface area contributed by atoms with Gasteiger partial charge in [0.1, 0.15) is 24.7 Å². The lowest BCUT2D eigenvalue weighted by Gasteiger charge is -2.12. The van der Waals surface area contributed by atoms with Crippen LogP contribution >= 0.6 is 23.1 Å². The first-order chi connectivity index (χ1) is 14.3. The highest BCUT2D eigenvalue weighted by molar-refractivity contribution is 7.06. The molecule has 0 aliphatic carbocycles. The first-order valence-electron chi connectivity index (χ1n) is 8.78. The second-order valence-corrected chi connectivity index (χ2v) is 7.74. The third-order valence-corrected chi connectivity index (χ3v) is 5.45. The van der Waals surface area contributed by atoms with Crippen molar-refractivity contribution >= 4 is 29.1 Å². The van der Waals surface area contributed by atoms with E-state index in [0.29, 0.717) is 11.1 Å². The average Bonchev–Trinajstić information content (AvgIpc) is 3.09. The number of rotatable bonds is 8. The maximum Gasteiger partial charge on any atom is 0.303 e. The molecule has 0 spiro atoms. The van der Waals surface area contributed by atoms with E-state index in [2.05, 4.69) is 9.36 Å². The van der Waals surface area contributed by atoms with Gasteiger partial charge in [-0.3, -0.25) is 4.79 Å². The molecule has 10 heteroatoms. The molecule has 3 aromatic rings. The molecule has 0 saturated carbocycles. The van der Waals surface area contributed by atoms with Crippen LogP contribution in [0.1, 0.15) is 28.0 Å². The van der Waals surface area contributed by atoms with Crippen molar-refractivity contribution in [2.24, 2.45) is 0 Å². The Hall–Kier alpha value is -2.65. The Kier molecular flexibility index (Phi) is 6.94. The molecule has 5 nitrogen and oxygen atoms in total. The summed E-state index contributed by atoms with van der Waals surface area (Å²) in [5, 5.41) is 8.90. The van der Waals surface area contributed by atoms with Crippen molar-refractivity contribution < 1.29 is 27.8 Å². The summed E-state index contributed by atoms with van der Waals surface area (Å²) in [5.74, 6) is -2.46. The number of pyridine rings is 1. The van der Waals surface area contributed by atoms with Crippen LogP contribution in [0.25, 0.3) is 11.4 Å². The summed E-state index contributed by atoms with van der Waals surface area (Å²) in [6.45, 7) is 0.613. The van der Waals surface area contributed by atoms with Crippen LogP contribution in [0.4, 0.5) is 13.2 Å². The first kappa shape index (κ1) is 22.0. The van der Waals surface area contributed by atoms with Crippen molar-refractivity contribution in [3.63, 3.8) is 0 Å². The number of hydrogen-bond acceptors (Lipinski definition) is 5. The fourth-order valence-corrected chi connectivity index (χ4v) is 3.70. The summed E-state index contributed by atoms with van der Waals surface area (Å²) < 4.78 is 51.8. The number of halogens is 4. The number of nitrogens with zero attached hydrogens (tertiary/aromatic N) is 2. The van der Waals surface area contributed by atoms with Crippen LogP contribution in [0.5, 0.6) is 5.75 Å². The van der Waals surface area contributed by atoms with E-state index in [1.54, 1.807) is 6.92 Å². The summed E-state index contributed by atoms with van der Waals surface area (Å²) in [7, 11) is 0. The molecule has 1 aromatic carbocycles. The van der Waals surface area contributed by atoms with Gasteiger partial charge in [-0.25, -0.2) is 18.2 Å². The van der Waals surface area contributed by atoms with E-state index in [1.165, 1.54) is 18.3 Å². The van der Waals surface area contributed by atoms with Crippen LogP contribution in [0.3, 0.4) is 0 Å². The Morgan fingerprint density at radius 1 is 1.23 bits per heavy atom. The molecule has 158 valence electrons. The maximum atomic E-state index is 14.5. The highest BCUT2D eigenvalue weighted by Gasteiger charge is 2.21. The molecule has 2 aromatic heterocycles. The number of carboxylic acid groups (broad SMARTS) is 1. The van der Waals surface area contributed by atoms with Gasteiger partial charge in [-0.2, -0.15) is 4.37 Å². The molecule has 0 fully saturated rings. The first-order valence-corrected chi connectivity index (χ1v) is 9.93. The topological polar surface area (TPSA) is 72.3 Å². The monoisotopic (exact) mass is 456 g/mol. The van der Waals surface area contributed by atoms with E-state index in [4.69, 9.17) is 21.4 Å². The lowest BCUT2D eigenvalue weighted by atomic mass is 10.0. The molecule has 1 N–H and O–H groups in total. The summed E-state index contributed by atoms with van der Waals surface area (Å²) in [4.78, 5) is 14.9. The van der Waals surface area contributed by atoms with Gasteiger partial charge in [0.2, 0.25) is 0 Å². The average molecular weight is 457 g/mol. The zero-order chi connectivity index (χ0) is 21.8. The van der Waals surface area contributed by atoms with Crippen molar-refractivity contribution in [1.82, 2.24) is 9.36 Å². The quantitative estimate of drug-likeness (QED) is 0.484. The lowest BCUT2D eigenvalue weighted by molar-refractivity contribution is -0.136. The maximum absolute atomic E-state index is 14.5. The Balaban J connectivity index is 1.86. The Morgan fingerprint density at radius 2 is 2.00 bits per heavy atom. The van der Waals surface area contributed by atoms with Gasteiger partial charge in [0.05, 0.1) is 9.90 Å². The highest BCUT2D eigenvalue weighted by Crippen LogP contribution is 2.32. The minimum Gasteiger partial charge on any atom is -0.486 e. The van der Waals surface area contributed by atoms with E-state index >= 15 is 0 Å². The van der Waals surface area contributed by atoms with Gasteiger partial charge in [0.25, 0.3) is 0 Å². The number of alkyl halides is 1. The summed E-state index contributed by atoms with van der Waals surface area (Å²) in [5.41, 5.74) is 1.49. The molecule has 30 heavy (non-hydrogen) atoms.